The van der Waals surface area contributed by atoms with Gasteiger partial charge in [-0.3, -0.25) is 4.79 Å². The third kappa shape index (κ3) is 4.69. The number of ether oxygens (including phenoxy) is 1. The first-order chi connectivity index (χ1) is 8.34. The van der Waals surface area contributed by atoms with Crippen LogP contribution >= 0.6 is 23.1 Å². The first-order valence-corrected chi connectivity index (χ1v) is 7.74. The smallest absolute Gasteiger partial charge is 0.306 e. The van der Waals surface area contributed by atoms with Crippen LogP contribution in [0, 0.1) is 5.92 Å². The minimum absolute atomic E-state index is 0.0505. The maximum Gasteiger partial charge on any atom is 0.306 e. The summed E-state index contributed by atoms with van der Waals surface area (Å²) in [7, 11) is 0. The minimum atomic E-state index is -0.0505. The monoisotopic (exact) mass is 271 g/mol. The fourth-order valence-electron chi connectivity index (χ4n) is 1.83. The molecule has 0 radical (unpaired) electrons. The summed E-state index contributed by atoms with van der Waals surface area (Å²) in [5, 5.41) is 5.31. The molecule has 1 aliphatic rings. The molecule has 1 aromatic heterocycles. The quantitative estimate of drug-likeness (QED) is 0.490. The molecule has 1 fully saturated rings. The highest BCUT2D eigenvalue weighted by Gasteiger charge is 2.18. The van der Waals surface area contributed by atoms with Gasteiger partial charge >= 0.3 is 5.97 Å². The Hall–Kier alpha value is -0.520. The molecule has 2 rings (SSSR count). The minimum Gasteiger partial charge on any atom is -0.465 e. The van der Waals surface area contributed by atoms with Crippen molar-refractivity contribution in [3.05, 3.63) is 17.5 Å². The highest BCUT2D eigenvalue weighted by molar-refractivity contribution is 8.01. The van der Waals surface area contributed by atoms with Crippen molar-refractivity contribution in [3.8, 4) is 0 Å². The number of rotatable bonds is 6. The number of carbonyl (C=O) groups is 1. The number of hydrogen-bond donors (Lipinski definition) is 1. The Labute approximate surface area is 110 Å². The molecule has 0 aliphatic carbocycles. The Kier molecular flexibility index (Phi) is 5.35. The van der Waals surface area contributed by atoms with E-state index in [1.807, 2.05) is 6.07 Å². The van der Waals surface area contributed by atoms with Crippen LogP contribution in [0.3, 0.4) is 0 Å². The first-order valence-electron chi connectivity index (χ1n) is 5.87. The summed E-state index contributed by atoms with van der Waals surface area (Å²) in [6.45, 7) is 2.51. The number of thioether (sulfide) groups is 1. The van der Waals surface area contributed by atoms with E-state index in [0.29, 0.717) is 18.9 Å². The van der Waals surface area contributed by atoms with Crippen LogP contribution < -0.4 is 5.32 Å². The standard InChI is InChI=1S/C12H17NO2S2/c14-11(8-10-3-4-13-9-10)15-5-7-17-12-2-1-6-16-12/h1-2,6,10,13H,3-5,7-9H2. The normalized spacial score (nSPS) is 19.4. The lowest BCUT2D eigenvalue weighted by molar-refractivity contribution is -0.143. The van der Waals surface area contributed by atoms with Crippen molar-refractivity contribution < 1.29 is 9.53 Å². The van der Waals surface area contributed by atoms with Crippen molar-refractivity contribution in [2.75, 3.05) is 25.4 Å². The van der Waals surface area contributed by atoms with E-state index in [0.717, 1.165) is 25.3 Å². The fourth-order valence-corrected chi connectivity index (χ4v) is 3.51. The van der Waals surface area contributed by atoms with Crippen molar-refractivity contribution in [1.29, 1.82) is 0 Å². The molecule has 1 atom stereocenters. The Morgan fingerprint density at radius 1 is 1.65 bits per heavy atom. The molecule has 5 heteroatoms. The SMILES string of the molecule is O=C(CC1CCNC1)OCCSc1cccs1. The molecule has 0 spiro atoms. The number of thiophene rings is 1. The number of hydrogen-bond acceptors (Lipinski definition) is 5. The second-order valence-corrected chi connectivity index (χ2v) is 6.41. The summed E-state index contributed by atoms with van der Waals surface area (Å²) in [6.07, 6.45) is 1.66. The molecule has 0 amide bonds. The predicted molar refractivity (Wildman–Crippen MR) is 71.6 cm³/mol. The zero-order valence-corrected chi connectivity index (χ0v) is 11.3. The van der Waals surface area contributed by atoms with E-state index in [9.17, 15) is 4.79 Å². The van der Waals surface area contributed by atoms with Gasteiger partial charge in [-0.2, -0.15) is 0 Å². The molecule has 0 bridgehead atoms. The number of carbonyl (C=O) groups excluding carboxylic acids is 1. The van der Waals surface area contributed by atoms with E-state index in [1.165, 1.54) is 4.21 Å². The van der Waals surface area contributed by atoms with Gasteiger partial charge in [0, 0.05) is 12.2 Å². The second kappa shape index (κ2) is 7.03. The van der Waals surface area contributed by atoms with Gasteiger partial charge in [0.25, 0.3) is 0 Å². The lowest BCUT2D eigenvalue weighted by atomic mass is 10.1. The van der Waals surface area contributed by atoms with Crippen LogP contribution in [-0.2, 0) is 9.53 Å². The maximum absolute atomic E-state index is 11.5. The summed E-state index contributed by atoms with van der Waals surface area (Å²) in [6, 6.07) is 4.12. The molecule has 1 saturated heterocycles. The summed E-state index contributed by atoms with van der Waals surface area (Å²) < 4.78 is 6.50. The molecule has 2 heterocycles. The van der Waals surface area contributed by atoms with E-state index < -0.39 is 0 Å². The van der Waals surface area contributed by atoms with Crippen LogP contribution in [0.1, 0.15) is 12.8 Å². The van der Waals surface area contributed by atoms with Crippen LogP contribution in [0.5, 0.6) is 0 Å². The molecule has 1 unspecified atom stereocenters. The molecule has 1 aromatic rings. The molecule has 17 heavy (non-hydrogen) atoms. The molecule has 0 saturated carbocycles. The highest BCUT2D eigenvalue weighted by atomic mass is 32.2. The third-order valence-corrected chi connectivity index (χ3v) is 4.80. The average Bonchev–Trinajstić information content (AvgIpc) is 2.96. The van der Waals surface area contributed by atoms with Crippen LogP contribution in [-0.4, -0.2) is 31.4 Å². The Morgan fingerprint density at radius 2 is 2.59 bits per heavy atom. The highest BCUT2D eigenvalue weighted by Crippen LogP contribution is 2.23. The topological polar surface area (TPSA) is 38.3 Å². The van der Waals surface area contributed by atoms with Crippen LogP contribution in [0.4, 0.5) is 0 Å². The summed E-state index contributed by atoms with van der Waals surface area (Å²) in [4.78, 5) is 11.5. The molecule has 94 valence electrons. The van der Waals surface area contributed by atoms with Crippen molar-refractivity contribution in [2.24, 2.45) is 5.92 Å². The molecular weight excluding hydrogens is 254 g/mol. The van der Waals surface area contributed by atoms with Crippen LogP contribution in [0.2, 0.25) is 0 Å². The van der Waals surface area contributed by atoms with Crippen molar-refractivity contribution in [1.82, 2.24) is 5.32 Å². The van der Waals surface area contributed by atoms with Crippen molar-refractivity contribution in [2.45, 2.75) is 17.1 Å². The lowest BCUT2D eigenvalue weighted by Crippen LogP contribution is -2.15. The Morgan fingerprint density at radius 3 is 3.29 bits per heavy atom. The number of esters is 1. The molecule has 3 nitrogen and oxygen atoms in total. The van der Waals surface area contributed by atoms with E-state index in [2.05, 4.69) is 16.8 Å². The van der Waals surface area contributed by atoms with Gasteiger partial charge in [-0.25, -0.2) is 0 Å². The van der Waals surface area contributed by atoms with E-state index in [-0.39, 0.29) is 5.97 Å². The van der Waals surface area contributed by atoms with Crippen molar-refractivity contribution in [3.63, 3.8) is 0 Å². The van der Waals surface area contributed by atoms with Gasteiger partial charge in [0.05, 0.1) is 4.21 Å². The van der Waals surface area contributed by atoms with Gasteiger partial charge in [0.15, 0.2) is 0 Å². The predicted octanol–water partition coefficient (Wildman–Crippen LogP) is 2.38. The number of nitrogens with one attached hydrogen (secondary N) is 1. The molecule has 1 N–H and O–H groups in total. The van der Waals surface area contributed by atoms with Crippen LogP contribution in [0.25, 0.3) is 0 Å². The lowest BCUT2D eigenvalue weighted by Gasteiger charge is -2.08. The molecular formula is C12H17NO2S2. The van der Waals surface area contributed by atoms with Crippen LogP contribution in [0.15, 0.2) is 21.7 Å². The summed E-state index contributed by atoms with van der Waals surface area (Å²) >= 11 is 3.46. The van der Waals surface area contributed by atoms with E-state index in [4.69, 9.17) is 4.74 Å². The summed E-state index contributed by atoms with van der Waals surface area (Å²) in [5.41, 5.74) is 0. The Balaban J connectivity index is 1.53. The van der Waals surface area contributed by atoms with Gasteiger partial charge in [-0.05, 0) is 36.9 Å². The van der Waals surface area contributed by atoms with Crippen molar-refractivity contribution >= 4 is 29.1 Å². The van der Waals surface area contributed by atoms with E-state index in [1.54, 1.807) is 23.1 Å². The zero-order chi connectivity index (χ0) is 11.9. The molecule has 1 aliphatic heterocycles. The summed E-state index contributed by atoms with van der Waals surface area (Å²) in [5.74, 6) is 1.27. The van der Waals surface area contributed by atoms with Gasteiger partial charge in [0.1, 0.15) is 6.61 Å². The van der Waals surface area contributed by atoms with Gasteiger partial charge < -0.3 is 10.1 Å². The molecule has 0 aromatic carbocycles. The van der Waals surface area contributed by atoms with Gasteiger partial charge in [-0.1, -0.05) is 6.07 Å². The fraction of sp³-hybridized carbons (Fsp3) is 0.583. The average molecular weight is 271 g/mol. The second-order valence-electron chi connectivity index (χ2n) is 4.06. The Bertz CT molecular complexity index is 334. The van der Waals surface area contributed by atoms with Gasteiger partial charge in [0.2, 0.25) is 0 Å². The maximum atomic E-state index is 11.5. The third-order valence-electron chi connectivity index (χ3n) is 2.70. The largest absolute Gasteiger partial charge is 0.465 e. The zero-order valence-electron chi connectivity index (χ0n) is 9.69. The first kappa shape index (κ1) is 12.9. The van der Waals surface area contributed by atoms with E-state index >= 15 is 0 Å². The van der Waals surface area contributed by atoms with Gasteiger partial charge in [-0.15, -0.1) is 23.1 Å².